The highest BCUT2D eigenvalue weighted by Gasteiger charge is 2.03. The van der Waals surface area contributed by atoms with Crippen LogP contribution in [-0.2, 0) is 13.1 Å². The molecular weight excluding hydrogens is 228 g/mol. The average Bonchev–Trinajstić information content (AvgIpc) is 2.85. The smallest absolute Gasteiger partial charge is 0.319 e. The molecule has 0 saturated heterocycles. The second kappa shape index (κ2) is 5.86. The van der Waals surface area contributed by atoms with Gasteiger partial charge >= 0.3 is 6.03 Å². The highest BCUT2D eigenvalue weighted by molar-refractivity contribution is 5.88. The van der Waals surface area contributed by atoms with E-state index < -0.39 is 0 Å². The van der Waals surface area contributed by atoms with Gasteiger partial charge in [-0.05, 0) is 12.5 Å². The Morgan fingerprint density at radius 3 is 2.78 bits per heavy atom. The molecule has 5 heteroatoms. The molecule has 0 aliphatic heterocycles. The topological polar surface area (TPSA) is 59.0 Å². The van der Waals surface area contributed by atoms with Crippen LogP contribution in [-0.4, -0.2) is 15.8 Å². The van der Waals surface area contributed by atoms with E-state index in [0.29, 0.717) is 12.2 Å². The summed E-state index contributed by atoms with van der Waals surface area (Å²) in [7, 11) is 0. The molecule has 0 bridgehead atoms. The van der Waals surface area contributed by atoms with Gasteiger partial charge in [0, 0.05) is 19.3 Å². The van der Waals surface area contributed by atoms with E-state index in [1.54, 1.807) is 17.1 Å². The van der Waals surface area contributed by atoms with Gasteiger partial charge in [-0.25, -0.2) is 4.79 Å². The molecule has 0 fully saturated rings. The van der Waals surface area contributed by atoms with E-state index >= 15 is 0 Å². The van der Waals surface area contributed by atoms with Crippen LogP contribution in [0.5, 0.6) is 0 Å². The predicted molar refractivity (Wildman–Crippen MR) is 70.2 cm³/mol. The molecule has 1 aromatic heterocycles. The lowest BCUT2D eigenvalue weighted by molar-refractivity contribution is 0.251. The van der Waals surface area contributed by atoms with Crippen molar-refractivity contribution in [2.45, 2.75) is 20.0 Å². The van der Waals surface area contributed by atoms with E-state index in [0.717, 1.165) is 12.1 Å². The Morgan fingerprint density at radius 1 is 1.33 bits per heavy atom. The number of hydrogen-bond acceptors (Lipinski definition) is 2. The third-order valence-corrected chi connectivity index (χ3v) is 2.51. The van der Waals surface area contributed by atoms with Crippen molar-refractivity contribution in [3.63, 3.8) is 0 Å². The maximum Gasteiger partial charge on any atom is 0.319 e. The highest BCUT2D eigenvalue weighted by atomic mass is 16.2. The Kier molecular flexibility index (Phi) is 3.96. The maximum absolute atomic E-state index is 11.6. The van der Waals surface area contributed by atoms with Gasteiger partial charge in [-0.1, -0.05) is 30.3 Å². The second-order valence-electron chi connectivity index (χ2n) is 3.88. The molecule has 0 unspecified atom stereocenters. The first kappa shape index (κ1) is 12.2. The van der Waals surface area contributed by atoms with E-state index in [1.807, 2.05) is 37.3 Å². The van der Waals surface area contributed by atoms with Gasteiger partial charge in [-0.3, -0.25) is 4.68 Å². The first-order valence-corrected chi connectivity index (χ1v) is 5.89. The first-order chi connectivity index (χ1) is 8.78. The summed E-state index contributed by atoms with van der Waals surface area (Å²) >= 11 is 0. The van der Waals surface area contributed by atoms with Crippen LogP contribution in [0.1, 0.15) is 12.5 Å². The SMILES string of the molecule is CCn1cc(NC(=O)NCc2ccccc2)cn1. The molecule has 5 nitrogen and oxygen atoms in total. The van der Waals surface area contributed by atoms with Crippen molar-refractivity contribution in [1.29, 1.82) is 0 Å². The molecule has 94 valence electrons. The fraction of sp³-hybridized carbons (Fsp3) is 0.231. The van der Waals surface area contributed by atoms with Crippen molar-refractivity contribution < 1.29 is 4.79 Å². The zero-order chi connectivity index (χ0) is 12.8. The molecule has 2 aromatic rings. The van der Waals surface area contributed by atoms with E-state index in [4.69, 9.17) is 0 Å². The quantitative estimate of drug-likeness (QED) is 0.866. The molecule has 1 heterocycles. The second-order valence-corrected chi connectivity index (χ2v) is 3.88. The molecule has 0 aliphatic carbocycles. The average molecular weight is 244 g/mol. The number of nitrogens with one attached hydrogen (secondary N) is 2. The van der Waals surface area contributed by atoms with Crippen molar-refractivity contribution in [3.8, 4) is 0 Å². The van der Waals surface area contributed by atoms with Gasteiger partial charge in [0.05, 0.1) is 11.9 Å². The summed E-state index contributed by atoms with van der Waals surface area (Å²) in [5.74, 6) is 0. The summed E-state index contributed by atoms with van der Waals surface area (Å²) in [4.78, 5) is 11.6. The molecule has 0 atom stereocenters. The zero-order valence-corrected chi connectivity index (χ0v) is 10.3. The highest BCUT2D eigenvalue weighted by Crippen LogP contribution is 2.04. The number of hydrogen-bond donors (Lipinski definition) is 2. The Morgan fingerprint density at radius 2 is 2.11 bits per heavy atom. The third-order valence-electron chi connectivity index (χ3n) is 2.51. The van der Waals surface area contributed by atoms with E-state index in [2.05, 4.69) is 15.7 Å². The number of benzene rings is 1. The molecule has 0 spiro atoms. The minimum absolute atomic E-state index is 0.227. The van der Waals surface area contributed by atoms with Gasteiger partial charge in [0.15, 0.2) is 0 Å². The molecular formula is C13H16N4O. The van der Waals surface area contributed by atoms with Gasteiger partial charge in [0.2, 0.25) is 0 Å². The van der Waals surface area contributed by atoms with Gasteiger partial charge in [0.1, 0.15) is 0 Å². The minimum Gasteiger partial charge on any atom is -0.334 e. The van der Waals surface area contributed by atoms with Gasteiger partial charge in [-0.2, -0.15) is 5.10 Å². The number of aromatic nitrogens is 2. The molecule has 1 aromatic carbocycles. The number of anilines is 1. The lowest BCUT2D eigenvalue weighted by atomic mass is 10.2. The van der Waals surface area contributed by atoms with Crippen molar-refractivity contribution in [2.75, 3.05) is 5.32 Å². The van der Waals surface area contributed by atoms with Gasteiger partial charge < -0.3 is 10.6 Å². The van der Waals surface area contributed by atoms with Crippen molar-refractivity contribution >= 4 is 11.7 Å². The number of aryl methyl sites for hydroxylation is 1. The molecule has 0 saturated carbocycles. The van der Waals surface area contributed by atoms with E-state index in [-0.39, 0.29) is 6.03 Å². The first-order valence-electron chi connectivity index (χ1n) is 5.89. The van der Waals surface area contributed by atoms with E-state index in [9.17, 15) is 4.79 Å². The number of amides is 2. The van der Waals surface area contributed by atoms with Crippen molar-refractivity contribution in [1.82, 2.24) is 15.1 Å². The Labute approximate surface area is 106 Å². The Hall–Kier alpha value is -2.30. The van der Waals surface area contributed by atoms with Crippen LogP contribution in [0.3, 0.4) is 0 Å². The van der Waals surface area contributed by atoms with Crippen LogP contribution < -0.4 is 10.6 Å². The Bertz CT molecular complexity index is 507. The van der Waals surface area contributed by atoms with Crippen LogP contribution in [0, 0.1) is 0 Å². The summed E-state index contributed by atoms with van der Waals surface area (Å²) in [6.07, 6.45) is 3.42. The van der Waals surface area contributed by atoms with Crippen molar-refractivity contribution in [2.24, 2.45) is 0 Å². The van der Waals surface area contributed by atoms with Crippen LogP contribution in [0.4, 0.5) is 10.5 Å². The van der Waals surface area contributed by atoms with Gasteiger partial charge in [-0.15, -0.1) is 0 Å². The number of nitrogens with zero attached hydrogens (tertiary/aromatic N) is 2. The van der Waals surface area contributed by atoms with Crippen LogP contribution >= 0.6 is 0 Å². The number of rotatable bonds is 4. The number of carbonyl (C=O) groups excluding carboxylic acids is 1. The summed E-state index contributed by atoms with van der Waals surface area (Å²) < 4.78 is 1.76. The monoisotopic (exact) mass is 244 g/mol. The standard InChI is InChI=1S/C13H16N4O/c1-2-17-10-12(9-15-17)16-13(18)14-8-11-6-4-3-5-7-11/h3-7,9-10H,2,8H2,1H3,(H2,14,16,18). The van der Waals surface area contributed by atoms with Crippen LogP contribution in [0.2, 0.25) is 0 Å². The molecule has 2 rings (SSSR count). The summed E-state index contributed by atoms with van der Waals surface area (Å²) in [6, 6.07) is 9.54. The molecule has 2 amide bonds. The van der Waals surface area contributed by atoms with Gasteiger partial charge in [0.25, 0.3) is 0 Å². The summed E-state index contributed by atoms with van der Waals surface area (Å²) in [5, 5.41) is 9.60. The fourth-order valence-electron chi connectivity index (χ4n) is 1.55. The predicted octanol–water partition coefficient (Wildman–Crippen LogP) is 2.22. The van der Waals surface area contributed by atoms with Crippen LogP contribution in [0.25, 0.3) is 0 Å². The Balaban J connectivity index is 1.82. The number of urea groups is 1. The molecule has 0 aliphatic rings. The lowest BCUT2D eigenvalue weighted by Gasteiger charge is -2.05. The summed E-state index contributed by atoms with van der Waals surface area (Å²) in [6.45, 7) is 3.29. The largest absolute Gasteiger partial charge is 0.334 e. The zero-order valence-electron chi connectivity index (χ0n) is 10.3. The normalized spacial score (nSPS) is 10.1. The van der Waals surface area contributed by atoms with E-state index in [1.165, 1.54) is 0 Å². The van der Waals surface area contributed by atoms with Crippen LogP contribution in [0.15, 0.2) is 42.7 Å². The molecule has 2 N–H and O–H groups in total. The summed E-state index contributed by atoms with van der Waals surface area (Å²) in [5.41, 5.74) is 1.76. The fourth-order valence-corrected chi connectivity index (χ4v) is 1.55. The maximum atomic E-state index is 11.6. The number of carbonyl (C=O) groups is 1. The third kappa shape index (κ3) is 3.35. The minimum atomic E-state index is -0.227. The van der Waals surface area contributed by atoms with Crippen molar-refractivity contribution in [3.05, 3.63) is 48.3 Å². The molecule has 0 radical (unpaired) electrons. The lowest BCUT2D eigenvalue weighted by Crippen LogP contribution is -2.27. The molecule has 18 heavy (non-hydrogen) atoms.